The zero-order chi connectivity index (χ0) is 16.8. The van der Waals surface area contributed by atoms with Crippen LogP contribution in [0.1, 0.15) is 18.9 Å². The van der Waals surface area contributed by atoms with Crippen LogP contribution < -0.4 is 5.32 Å². The number of hydrogen-bond donors (Lipinski definition) is 2. The van der Waals surface area contributed by atoms with E-state index in [2.05, 4.69) is 5.32 Å². The molecule has 0 heterocycles. The molecule has 0 bridgehead atoms. The van der Waals surface area contributed by atoms with Crippen molar-refractivity contribution in [3.8, 4) is 0 Å². The minimum absolute atomic E-state index is 0.0211. The minimum Gasteiger partial charge on any atom is -0.396 e. The van der Waals surface area contributed by atoms with Gasteiger partial charge in [-0.05, 0) is 30.0 Å². The summed E-state index contributed by atoms with van der Waals surface area (Å²) in [6.45, 7) is 1.94. The highest BCUT2D eigenvalue weighted by atomic mass is 35.5. The van der Waals surface area contributed by atoms with Crippen molar-refractivity contribution in [3.05, 3.63) is 40.9 Å². The molecule has 0 saturated heterocycles. The fourth-order valence-electron chi connectivity index (χ4n) is 1.74. The standard InChI is InChI=1S/C15H17ClF3NO2/c1-10(6-7-21)9-20-14(22)8-13(15(17,18)19)11-2-4-12(16)5-3-11/h2-5,8,10,21H,6-7,9H2,1H3,(H,20,22)/b13-8-. The third-order valence-electron chi connectivity index (χ3n) is 2.98. The molecule has 0 saturated carbocycles. The minimum atomic E-state index is -4.65. The number of allylic oxidation sites excluding steroid dienone is 1. The molecule has 0 aliphatic heterocycles. The molecule has 1 amide bonds. The second kappa shape index (κ2) is 8.19. The van der Waals surface area contributed by atoms with Crippen LogP contribution in [0.2, 0.25) is 5.02 Å². The number of nitrogens with one attached hydrogen (secondary N) is 1. The van der Waals surface area contributed by atoms with Crippen LogP contribution in [0.25, 0.3) is 5.57 Å². The normalized spacial score (nSPS) is 13.8. The van der Waals surface area contributed by atoms with Crippen molar-refractivity contribution in [1.29, 1.82) is 0 Å². The van der Waals surface area contributed by atoms with Gasteiger partial charge in [-0.25, -0.2) is 0 Å². The molecule has 0 fully saturated rings. The van der Waals surface area contributed by atoms with Gasteiger partial charge in [-0.2, -0.15) is 13.2 Å². The third kappa shape index (κ3) is 6.07. The van der Waals surface area contributed by atoms with E-state index in [4.69, 9.17) is 16.7 Å². The first-order chi connectivity index (χ1) is 10.2. The predicted molar refractivity (Wildman–Crippen MR) is 79.4 cm³/mol. The van der Waals surface area contributed by atoms with E-state index in [0.29, 0.717) is 17.5 Å². The number of aliphatic hydroxyl groups is 1. The molecule has 0 aliphatic rings. The van der Waals surface area contributed by atoms with Crippen LogP contribution in [0.4, 0.5) is 13.2 Å². The Balaban J connectivity index is 2.88. The lowest BCUT2D eigenvalue weighted by Crippen LogP contribution is -2.28. The summed E-state index contributed by atoms with van der Waals surface area (Å²) < 4.78 is 39.2. The lowest BCUT2D eigenvalue weighted by Gasteiger charge is -2.13. The van der Waals surface area contributed by atoms with Crippen molar-refractivity contribution < 1.29 is 23.1 Å². The second-order valence-electron chi connectivity index (χ2n) is 4.93. The number of carbonyl (C=O) groups is 1. The molecule has 1 aromatic carbocycles. The van der Waals surface area contributed by atoms with E-state index in [1.807, 2.05) is 0 Å². The average molecular weight is 336 g/mol. The molecule has 1 atom stereocenters. The number of carbonyl (C=O) groups excluding carboxylic acids is 1. The number of halogens is 4. The Bertz CT molecular complexity index is 527. The molecule has 122 valence electrons. The van der Waals surface area contributed by atoms with Crippen LogP contribution >= 0.6 is 11.6 Å². The molecule has 0 aromatic heterocycles. The Morgan fingerprint density at radius 1 is 1.36 bits per heavy atom. The number of amides is 1. The van der Waals surface area contributed by atoms with Crippen LogP contribution in [-0.4, -0.2) is 30.3 Å². The molecule has 0 spiro atoms. The highest BCUT2D eigenvalue weighted by Gasteiger charge is 2.35. The van der Waals surface area contributed by atoms with Crippen molar-refractivity contribution >= 4 is 23.1 Å². The quantitative estimate of drug-likeness (QED) is 0.783. The summed E-state index contributed by atoms with van der Waals surface area (Å²) >= 11 is 5.65. The van der Waals surface area contributed by atoms with Gasteiger partial charge in [0.25, 0.3) is 0 Å². The maximum absolute atomic E-state index is 13.1. The molecule has 3 nitrogen and oxygen atoms in total. The van der Waals surface area contributed by atoms with E-state index in [1.165, 1.54) is 24.3 Å². The SMILES string of the molecule is CC(CCO)CNC(=O)/C=C(/c1ccc(Cl)cc1)C(F)(F)F. The first-order valence-corrected chi connectivity index (χ1v) is 7.05. The fourth-order valence-corrected chi connectivity index (χ4v) is 1.86. The summed E-state index contributed by atoms with van der Waals surface area (Å²) in [6.07, 6.45) is -3.65. The lowest BCUT2D eigenvalue weighted by molar-refractivity contribution is -0.117. The maximum Gasteiger partial charge on any atom is 0.417 e. The number of hydrogen-bond acceptors (Lipinski definition) is 2. The summed E-state index contributed by atoms with van der Waals surface area (Å²) in [5.74, 6) is -0.848. The van der Waals surface area contributed by atoms with Gasteiger partial charge >= 0.3 is 6.18 Å². The van der Waals surface area contributed by atoms with Gasteiger partial charge in [-0.3, -0.25) is 4.79 Å². The molecule has 7 heteroatoms. The van der Waals surface area contributed by atoms with Gasteiger partial charge in [0.05, 0.1) is 5.57 Å². The first kappa shape index (κ1) is 18.5. The molecule has 0 aliphatic carbocycles. The van der Waals surface area contributed by atoms with E-state index < -0.39 is 17.7 Å². The molecule has 1 aromatic rings. The Kier molecular flexibility index (Phi) is 6.90. The van der Waals surface area contributed by atoms with Crippen molar-refractivity contribution in [3.63, 3.8) is 0 Å². The van der Waals surface area contributed by atoms with Gasteiger partial charge in [-0.15, -0.1) is 0 Å². The predicted octanol–water partition coefficient (Wildman–Crippen LogP) is 3.42. The van der Waals surface area contributed by atoms with E-state index in [0.717, 1.165) is 0 Å². The summed E-state index contributed by atoms with van der Waals surface area (Å²) in [5.41, 5.74) is -1.16. The monoisotopic (exact) mass is 335 g/mol. The highest BCUT2D eigenvalue weighted by Crippen LogP contribution is 2.34. The van der Waals surface area contributed by atoms with Crippen LogP contribution in [0, 0.1) is 5.92 Å². The van der Waals surface area contributed by atoms with Crippen molar-refractivity contribution in [2.45, 2.75) is 19.5 Å². The van der Waals surface area contributed by atoms with Gasteiger partial charge < -0.3 is 10.4 Å². The van der Waals surface area contributed by atoms with Gasteiger partial charge in [0.15, 0.2) is 0 Å². The average Bonchev–Trinajstić information content (AvgIpc) is 2.43. The number of rotatable bonds is 6. The largest absolute Gasteiger partial charge is 0.417 e. The second-order valence-corrected chi connectivity index (χ2v) is 5.36. The van der Waals surface area contributed by atoms with Crippen molar-refractivity contribution in [2.24, 2.45) is 5.92 Å². The Morgan fingerprint density at radius 3 is 2.45 bits per heavy atom. The number of alkyl halides is 3. The smallest absolute Gasteiger partial charge is 0.396 e. The molecular formula is C15H17ClF3NO2. The Hall–Kier alpha value is -1.53. The number of aliphatic hydroxyl groups excluding tert-OH is 1. The van der Waals surface area contributed by atoms with Gasteiger partial charge in [0.2, 0.25) is 5.91 Å². The van der Waals surface area contributed by atoms with Crippen molar-refractivity contribution in [1.82, 2.24) is 5.32 Å². The van der Waals surface area contributed by atoms with E-state index in [1.54, 1.807) is 6.92 Å². The number of benzene rings is 1. The molecule has 22 heavy (non-hydrogen) atoms. The fraction of sp³-hybridized carbons (Fsp3) is 0.400. The van der Waals surface area contributed by atoms with Crippen LogP contribution in [0.15, 0.2) is 30.3 Å². The summed E-state index contributed by atoms with van der Waals surface area (Å²) in [5, 5.41) is 11.5. The molecule has 2 N–H and O–H groups in total. The highest BCUT2D eigenvalue weighted by molar-refractivity contribution is 6.30. The zero-order valence-corrected chi connectivity index (χ0v) is 12.7. The van der Waals surface area contributed by atoms with Gasteiger partial charge in [0, 0.05) is 24.3 Å². The topological polar surface area (TPSA) is 49.3 Å². The summed E-state index contributed by atoms with van der Waals surface area (Å²) in [6, 6.07) is 5.09. The zero-order valence-electron chi connectivity index (χ0n) is 12.0. The summed E-state index contributed by atoms with van der Waals surface area (Å²) in [7, 11) is 0. The van der Waals surface area contributed by atoms with E-state index in [-0.39, 0.29) is 24.6 Å². The molecule has 1 rings (SSSR count). The Labute approximate surface area is 131 Å². The maximum atomic E-state index is 13.1. The van der Waals surface area contributed by atoms with Gasteiger partial charge in [-0.1, -0.05) is 30.7 Å². The van der Waals surface area contributed by atoms with E-state index in [9.17, 15) is 18.0 Å². The first-order valence-electron chi connectivity index (χ1n) is 6.67. The van der Waals surface area contributed by atoms with Crippen LogP contribution in [0.3, 0.4) is 0 Å². The lowest BCUT2D eigenvalue weighted by atomic mass is 10.0. The van der Waals surface area contributed by atoms with Crippen LogP contribution in [0.5, 0.6) is 0 Å². The molecular weight excluding hydrogens is 319 g/mol. The van der Waals surface area contributed by atoms with Crippen LogP contribution in [-0.2, 0) is 4.79 Å². The third-order valence-corrected chi connectivity index (χ3v) is 3.23. The molecule has 1 unspecified atom stereocenters. The van der Waals surface area contributed by atoms with E-state index >= 15 is 0 Å². The van der Waals surface area contributed by atoms with Gasteiger partial charge in [0.1, 0.15) is 0 Å². The summed E-state index contributed by atoms with van der Waals surface area (Å²) in [4.78, 5) is 11.7. The Morgan fingerprint density at radius 2 is 1.95 bits per heavy atom. The van der Waals surface area contributed by atoms with Crippen molar-refractivity contribution in [2.75, 3.05) is 13.2 Å². The molecule has 0 radical (unpaired) electrons.